The third-order valence-electron chi connectivity index (χ3n) is 4.69. The zero-order valence-electron chi connectivity index (χ0n) is 17.4. The monoisotopic (exact) mass is 452 g/mol. The molecule has 4 rings (SSSR count). The molecule has 0 saturated heterocycles. The average molecular weight is 452 g/mol. The highest BCUT2D eigenvalue weighted by Crippen LogP contribution is 2.29. The normalized spacial score (nSPS) is 13.4. The van der Waals surface area contributed by atoms with Gasteiger partial charge in [-0.15, -0.1) is 11.3 Å². The summed E-state index contributed by atoms with van der Waals surface area (Å²) in [6.45, 7) is 3.63. The lowest BCUT2D eigenvalue weighted by molar-refractivity contribution is -0.118. The van der Waals surface area contributed by atoms with E-state index in [0.29, 0.717) is 27.8 Å². The van der Waals surface area contributed by atoms with E-state index in [0.717, 1.165) is 5.56 Å². The number of anilines is 1. The Hall–Kier alpha value is -3.72. The fraction of sp³-hybridized carbons (Fsp3) is 0.217. The Morgan fingerprint density at radius 1 is 1.22 bits per heavy atom. The Labute approximate surface area is 188 Å². The van der Waals surface area contributed by atoms with Gasteiger partial charge in [-0.3, -0.25) is 9.59 Å². The molecule has 164 valence electrons. The van der Waals surface area contributed by atoms with E-state index < -0.39 is 17.9 Å². The molecule has 8 nitrogen and oxygen atoms in total. The summed E-state index contributed by atoms with van der Waals surface area (Å²) < 4.78 is 16.3. The second-order valence-electron chi connectivity index (χ2n) is 7.19. The quantitative estimate of drug-likeness (QED) is 0.430. The van der Waals surface area contributed by atoms with Gasteiger partial charge in [-0.1, -0.05) is 17.7 Å². The zero-order chi connectivity index (χ0) is 22.7. The molecular formula is C23H20N2O6S. The maximum atomic E-state index is 12.7. The molecule has 3 aromatic rings. The summed E-state index contributed by atoms with van der Waals surface area (Å²) in [5.74, 6) is -0.209. The van der Waals surface area contributed by atoms with Crippen molar-refractivity contribution < 1.29 is 28.6 Å². The van der Waals surface area contributed by atoms with E-state index in [1.165, 1.54) is 24.3 Å². The average Bonchev–Trinajstić information content (AvgIpc) is 3.27. The number of ether oxygens (including phenoxy) is 3. The molecule has 9 heteroatoms. The maximum absolute atomic E-state index is 12.7. The number of esters is 1. The van der Waals surface area contributed by atoms with E-state index >= 15 is 0 Å². The van der Waals surface area contributed by atoms with Crippen molar-refractivity contribution in [3.05, 3.63) is 69.7 Å². The maximum Gasteiger partial charge on any atom is 0.358 e. The van der Waals surface area contributed by atoms with Gasteiger partial charge in [0.15, 0.2) is 18.4 Å². The van der Waals surface area contributed by atoms with Crippen molar-refractivity contribution in [2.75, 3.05) is 11.9 Å². The molecule has 32 heavy (non-hydrogen) atoms. The first-order chi connectivity index (χ1) is 15.4. The first-order valence-corrected chi connectivity index (χ1v) is 10.7. The molecule has 1 aliphatic rings. The number of thiazole rings is 1. The predicted octanol–water partition coefficient (Wildman–Crippen LogP) is 3.79. The van der Waals surface area contributed by atoms with E-state index in [4.69, 9.17) is 14.2 Å². The van der Waals surface area contributed by atoms with Gasteiger partial charge in [0.2, 0.25) is 5.78 Å². The highest BCUT2D eigenvalue weighted by molar-refractivity contribution is 7.09. The molecule has 2 aromatic carbocycles. The number of nitrogens with one attached hydrogen (secondary N) is 1. The number of fused-ring (bicyclic) bond motifs is 1. The summed E-state index contributed by atoms with van der Waals surface area (Å²) >= 11 is 1.27. The number of rotatable bonds is 7. The van der Waals surface area contributed by atoms with E-state index in [2.05, 4.69) is 10.3 Å². The number of hydrogen-bond acceptors (Lipinski definition) is 8. The van der Waals surface area contributed by atoms with E-state index in [1.807, 2.05) is 31.2 Å². The number of carbonyl (C=O) groups excluding carboxylic acids is 3. The van der Waals surface area contributed by atoms with Crippen LogP contribution in [0.15, 0.2) is 47.8 Å². The molecule has 1 aliphatic heterocycles. The van der Waals surface area contributed by atoms with Gasteiger partial charge < -0.3 is 19.5 Å². The van der Waals surface area contributed by atoms with Crippen LogP contribution in [-0.2, 0) is 16.1 Å². The molecule has 0 saturated carbocycles. The molecule has 0 radical (unpaired) electrons. The fourth-order valence-corrected chi connectivity index (χ4v) is 3.67. The second-order valence-corrected chi connectivity index (χ2v) is 8.13. The minimum Gasteiger partial charge on any atom is -0.486 e. The topological polar surface area (TPSA) is 104 Å². The van der Waals surface area contributed by atoms with Crippen LogP contribution in [0, 0.1) is 6.92 Å². The van der Waals surface area contributed by atoms with Crippen LogP contribution in [0.5, 0.6) is 11.5 Å². The molecule has 0 spiro atoms. The van der Waals surface area contributed by atoms with Gasteiger partial charge in [-0.2, -0.15) is 0 Å². The van der Waals surface area contributed by atoms with Gasteiger partial charge in [0.1, 0.15) is 23.1 Å². The van der Waals surface area contributed by atoms with Crippen LogP contribution in [-0.4, -0.2) is 35.4 Å². The van der Waals surface area contributed by atoms with Crippen LogP contribution >= 0.6 is 11.3 Å². The van der Waals surface area contributed by atoms with E-state index in [9.17, 15) is 14.4 Å². The molecule has 1 aromatic heterocycles. The molecule has 1 atom stereocenters. The van der Waals surface area contributed by atoms with Crippen molar-refractivity contribution in [1.29, 1.82) is 0 Å². The van der Waals surface area contributed by atoms with Crippen LogP contribution < -0.4 is 14.8 Å². The van der Waals surface area contributed by atoms with Crippen molar-refractivity contribution in [3.63, 3.8) is 0 Å². The summed E-state index contributed by atoms with van der Waals surface area (Å²) in [4.78, 5) is 40.9. The third-order valence-corrected chi connectivity index (χ3v) is 5.52. The number of aryl methyl sites for hydroxylation is 1. The van der Waals surface area contributed by atoms with Gasteiger partial charge in [0, 0.05) is 10.9 Å². The highest BCUT2D eigenvalue weighted by Gasteiger charge is 2.24. The summed E-state index contributed by atoms with van der Waals surface area (Å²) in [5.41, 5.74) is 1.95. The smallest absolute Gasteiger partial charge is 0.358 e. The zero-order valence-corrected chi connectivity index (χ0v) is 18.2. The van der Waals surface area contributed by atoms with Gasteiger partial charge in [0.25, 0.3) is 5.91 Å². The largest absolute Gasteiger partial charge is 0.486 e. The van der Waals surface area contributed by atoms with Crippen molar-refractivity contribution >= 4 is 34.7 Å². The Kier molecular flexibility index (Phi) is 6.18. The number of ketones is 1. The molecule has 0 aliphatic carbocycles. The third kappa shape index (κ3) is 4.94. The van der Waals surface area contributed by atoms with Crippen LogP contribution in [0.3, 0.4) is 0 Å². The lowest BCUT2D eigenvalue weighted by Gasteiger charge is -2.19. The first-order valence-electron chi connectivity index (χ1n) is 9.85. The van der Waals surface area contributed by atoms with E-state index in [-0.39, 0.29) is 24.8 Å². The number of hydrogen-bond donors (Lipinski definition) is 1. The summed E-state index contributed by atoms with van der Waals surface area (Å²) in [7, 11) is 0. The van der Waals surface area contributed by atoms with Gasteiger partial charge in [0.05, 0.1) is 5.69 Å². The SMILES string of the molecule is Cc1ccc(OCc2nc(C(=O)OC(C)C(=O)c3ccc4c(c3)NC(=O)CO4)cs2)cc1. The van der Waals surface area contributed by atoms with E-state index in [1.54, 1.807) is 17.5 Å². The number of carbonyl (C=O) groups is 3. The van der Waals surface area contributed by atoms with Gasteiger partial charge in [-0.05, 0) is 44.2 Å². The Balaban J connectivity index is 1.35. The number of aromatic nitrogens is 1. The summed E-state index contributed by atoms with van der Waals surface area (Å²) in [5, 5.41) is 4.83. The number of nitrogens with zero attached hydrogens (tertiary/aromatic N) is 1. The minimum atomic E-state index is -1.03. The summed E-state index contributed by atoms with van der Waals surface area (Å²) in [6.07, 6.45) is -1.03. The fourth-order valence-electron chi connectivity index (χ4n) is 3.00. The van der Waals surface area contributed by atoms with Crippen molar-refractivity contribution in [3.8, 4) is 11.5 Å². The van der Waals surface area contributed by atoms with Crippen LogP contribution in [0.25, 0.3) is 0 Å². The Morgan fingerprint density at radius 2 is 2.00 bits per heavy atom. The second kappa shape index (κ2) is 9.19. The molecular weight excluding hydrogens is 432 g/mol. The van der Waals surface area contributed by atoms with Gasteiger partial charge >= 0.3 is 5.97 Å². The predicted molar refractivity (Wildman–Crippen MR) is 117 cm³/mol. The minimum absolute atomic E-state index is 0.0694. The molecule has 0 bridgehead atoms. The Bertz CT molecular complexity index is 1170. The lowest BCUT2D eigenvalue weighted by atomic mass is 10.1. The first kappa shape index (κ1) is 21.5. The Morgan fingerprint density at radius 3 is 2.78 bits per heavy atom. The summed E-state index contributed by atoms with van der Waals surface area (Å²) in [6, 6.07) is 12.3. The molecule has 2 heterocycles. The van der Waals surface area contributed by atoms with Crippen molar-refractivity contribution in [1.82, 2.24) is 4.98 Å². The molecule has 1 unspecified atom stereocenters. The molecule has 1 amide bonds. The molecule has 0 fully saturated rings. The number of benzene rings is 2. The van der Waals surface area contributed by atoms with Crippen LogP contribution in [0.1, 0.15) is 38.3 Å². The number of Topliss-reactive ketones (excluding diaryl/α,β-unsaturated/α-hetero) is 1. The molecule has 1 N–H and O–H groups in total. The standard InChI is InChI=1S/C23H20N2O6S/c1-13-3-6-16(7-4-13)29-11-21-25-18(12-32-21)23(28)31-14(2)22(27)15-5-8-19-17(9-15)24-20(26)10-30-19/h3-9,12,14H,10-11H2,1-2H3,(H,24,26). The number of amides is 1. The van der Waals surface area contributed by atoms with Crippen molar-refractivity contribution in [2.45, 2.75) is 26.6 Å². The van der Waals surface area contributed by atoms with Crippen LogP contribution in [0.4, 0.5) is 5.69 Å². The van der Waals surface area contributed by atoms with Crippen molar-refractivity contribution in [2.24, 2.45) is 0 Å². The lowest BCUT2D eigenvalue weighted by Crippen LogP contribution is -2.27. The van der Waals surface area contributed by atoms with Gasteiger partial charge in [-0.25, -0.2) is 9.78 Å². The van der Waals surface area contributed by atoms with Crippen LogP contribution in [0.2, 0.25) is 0 Å². The highest BCUT2D eigenvalue weighted by atomic mass is 32.1.